The third-order valence-corrected chi connectivity index (χ3v) is 5.88. The number of nitrogens with one attached hydrogen (secondary N) is 2. The molecule has 1 aliphatic heterocycles. The molecule has 2 N–H and O–H groups in total. The molecule has 1 heterocycles. The van der Waals surface area contributed by atoms with E-state index in [4.69, 9.17) is 0 Å². The molecule has 3 aromatic rings. The predicted molar refractivity (Wildman–Crippen MR) is 130 cm³/mol. The van der Waals surface area contributed by atoms with Crippen LogP contribution < -0.4 is 15.5 Å². The highest BCUT2D eigenvalue weighted by Crippen LogP contribution is 2.40. The second kappa shape index (κ2) is 9.28. The van der Waals surface area contributed by atoms with Gasteiger partial charge in [-0.3, -0.25) is 14.4 Å². The number of benzene rings is 3. The first-order valence-electron chi connectivity index (χ1n) is 11.0. The maximum Gasteiger partial charge on any atom is 0.251 e. The zero-order chi connectivity index (χ0) is 23.5. The summed E-state index contributed by atoms with van der Waals surface area (Å²) in [7, 11) is 0. The summed E-state index contributed by atoms with van der Waals surface area (Å²) in [6, 6.07) is 22.4. The Labute approximate surface area is 193 Å². The van der Waals surface area contributed by atoms with Gasteiger partial charge in [-0.15, -0.1) is 0 Å². The molecule has 33 heavy (non-hydrogen) atoms. The highest BCUT2D eigenvalue weighted by atomic mass is 16.2. The Balaban J connectivity index is 1.74. The first kappa shape index (κ1) is 22.3. The van der Waals surface area contributed by atoms with Gasteiger partial charge in [-0.25, -0.2) is 0 Å². The van der Waals surface area contributed by atoms with Crippen molar-refractivity contribution in [2.45, 2.75) is 39.3 Å². The van der Waals surface area contributed by atoms with Gasteiger partial charge in [-0.2, -0.15) is 0 Å². The van der Waals surface area contributed by atoms with Crippen LogP contribution in [0.3, 0.4) is 0 Å². The molecular formula is C27H27N3O3. The zero-order valence-electron chi connectivity index (χ0n) is 19.0. The predicted octanol–water partition coefficient (Wildman–Crippen LogP) is 4.93. The van der Waals surface area contributed by atoms with Crippen molar-refractivity contribution in [3.8, 4) is 11.1 Å². The minimum Gasteiger partial charge on any atom is -0.345 e. The van der Waals surface area contributed by atoms with Crippen molar-refractivity contribution in [2.24, 2.45) is 0 Å². The summed E-state index contributed by atoms with van der Waals surface area (Å²) in [5.74, 6) is -0.308. The molecular weight excluding hydrogens is 414 g/mol. The molecule has 0 fully saturated rings. The molecule has 0 aromatic heterocycles. The van der Waals surface area contributed by atoms with Crippen LogP contribution in [0.15, 0.2) is 72.8 Å². The lowest BCUT2D eigenvalue weighted by atomic mass is 9.88. The Hall–Kier alpha value is -3.93. The van der Waals surface area contributed by atoms with Gasteiger partial charge in [-0.05, 0) is 66.4 Å². The normalized spacial score (nSPS) is 17.1. The van der Waals surface area contributed by atoms with Crippen LogP contribution in [0.1, 0.15) is 49.2 Å². The first-order valence-corrected chi connectivity index (χ1v) is 11.0. The van der Waals surface area contributed by atoms with Gasteiger partial charge in [0.1, 0.15) is 0 Å². The number of carbonyl (C=O) groups excluding carboxylic acids is 3. The van der Waals surface area contributed by atoms with E-state index in [2.05, 4.69) is 10.6 Å². The van der Waals surface area contributed by atoms with Gasteiger partial charge < -0.3 is 15.5 Å². The number of anilines is 2. The molecule has 0 saturated heterocycles. The van der Waals surface area contributed by atoms with Gasteiger partial charge in [-0.1, -0.05) is 36.4 Å². The number of fused-ring (bicyclic) bond motifs is 1. The van der Waals surface area contributed by atoms with Gasteiger partial charge in [0.05, 0.1) is 6.04 Å². The molecule has 6 nitrogen and oxygen atoms in total. The molecule has 0 bridgehead atoms. The zero-order valence-corrected chi connectivity index (χ0v) is 19.0. The highest BCUT2D eigenvalue weighted by molar-refractivity contribution is 5.97. The van der Waals surface area contributed by atoms with Crippen molar-refractivity contribution in [1.82, 2.24) is 5.32 Å². The van der Waals surface area contributed by atoms with Gasteiger partial charge in [0, 0.05) is 36.8 Å². The molecule has 6 heteroatoms. The molecule has 3 amide bonds. The van der Waals surface area contributed by atoms with Crippen LogP contribution >= 0.6 is 0 Å². The lowest BCUT2D eigenvalue weighted by Gasteiger charge is -2.39. The van der Waals surface area contributed by atoms with Crippen molar-refractivity contribution >= 4 is 29.1 Å². The standard InChI is InChI=1S/C27H27N3O3/c1-17-14-25(29-27(33)20-8-5-4-6-9-20)24-16-22(12-13-26(24)30(17)19(3)32)21-10-7-11-23(15-21)28-18(2)31/h4-13,15-17,25H,14H2,1-3H3,(H,28,31)(H,29,33)/t17-,25+/m0/s1. The van der Waals surface area contributed by atoms with Gasteiger partial charge in [0.2, 0.25) is 11.8 Å². The largest absolute Gasteiger partial charge is 0.345 e. The summed E-state index contributed by atoms with van der Waals surface area (Å²) in [4.78, 5) is 38.6. The minimum atomic E-state index is -0.239. The van der Waals surface area contributed by atoms with Crippen molar-refractivity contribution in [3.05, 3.63) is 83.9 Å². The summed E-state index contributed by atoms with van der Waals surface area (Å²) < 4.78 is 0. The maximum atomic E-state index is 12.9. The molecule has 4 rings (SSSR count). The summed E-state index contributed by atoms with van der Waals surface area (Å²) in [5, 5.41) is 5.97. The third kappa shape index (κ3) is 4.80. The number of nitrogens with zero attached hydrogens (tertiary/aromatic N) is 1. The van der Waals surface area contributed by atoms with Crippen LogP contribution in [0.25, 0.3) is 11.1 Å². The van der Waals surface area contributed by atoms with E-state index in [9.17, 15) is 14.4 Å². The second-order valence-corrected chi connectivity index (χ2v) is 8.40. The van der Waals surface area contributed by atoms with Crippen LogP contribution in [-0.2, 0) is 9.59 Å². The summed E-state index contributed by atoms with van der Waals surface area (Å²) >= 11 is 0. The Morgan fingerprint density at radius 2 is 1.61 bits per heavy atom. The Kier molecular flexibility index (Phi) is 6.27. The van der Waals surface area contributed by atoms with Gasteiger partial charge in [0.25, 0.3) is 5.91 Å². The Morgan fingerprint density at radius 1 is 0.879 bits per heavy atom. The Bertz CT molecular complexity index is 1210. The van der Waals surface area contributed by atoms with Crippen LogP contribution in [0.4, 0.5) is 11.4 Å². The van der Waals surface area contributed by atoms with E-state index in [0.717, 1.165) is 22.4 Å². The molecule has 0 aliphatic carbocycles. The summed E-state index contributed by atoms with van der Waals surface area (Å²) in [6.45, 7) is 5.04. The summed E-state index contributed by atoms with van der Waals surface area (Å²) in [5.41, 5.74) is 4.89. The fraction of sp³-hybridized carbons (Fsp3) is 0.222. The molecule has 1 aliphatic rings. The second-order valence-electron chi connectivity index (χ2n) is 8.40. The maximum absolute atomic E-state index is 12.9. The average molecular weight is 442 g/mol. The number of amides is 3. The van der Waals surface area contributed by atoms with Crippen LogP contribution in [0, 0.1) is 0 Å². The number of rotatable bonds is 4. The van der Waals surface area contributed by atoms with E-state index in [1.807, 2.05) is 67.6 Å². The van der Waals surface area contributed by atoms with Crippen molar-refractivity contribution in [2.75, 3.05) is 10.2 Å². The van der Waals surface area contributed by atoms with Gasteiger partial charge in [0.15, 0.2) is 0 Å². The lowest BCUT2D eigenvalue weighted by Crippen LogP contribution is -2.45. The molecule has 0 radical (unpaired) electrons. The summed E-state index contributed by atoms with van der Waals surface area (Å²) in [6.07, 6.45) is 0.612. The van der Waals surface area contributed by atoms with Crippen molar-refractivity contribution in [3.63, 3.8) is 0 Å². The van der Waals surface area contributed by atoms with Crippen LogP contribution in [0.2, 0.25) is 0 Å². The molecule has 168 valence electrons. The van der Waals surface area contributed by atoms with Crippen LogP contribution in [0.5, 0.6) is 0 Å². The highest BCUT2D eigenvalue weighted by Gasteiger charge is 2.33. The number of hydrogen-bond acceptors (Lipinski definition) is 3. The average Bonchev–Trinajstić information content (AvgIpc) is 2.79. The van der Waals surface area contributed by atoms with E-state index in [-0.39, 0.29) is 29.8 Å². The minimum absolute atomic E-state index is 0.0306. The van der Waals surface area contributed by atoms with E-state index >= 15 is 0 Å². The number of hydrogen-bond donors (Lipinski definition) is 2. The van der Waals surface area contributed by atoms with E-state index < -0.39 is 0 Å². The van der Waals surface area contributed by atoms with Crippen LogP contribution in [-0.4, -0.2) is 23.8 Å². The lowest BCUT2D eigenvalue weighted by molar-refractivity contribution is -0.117. The first-order chi connectivity index (χ1) is 15.8. The van der Waals surface area contributed by atoms with Crippen molar-refractivity contribution in [1.29, 1.82) is 0 Å². The topological polar surface area (TPSA) is 78.5 Å². The SMILES string of the molecule is CC(=O)Nc1cccc(-c2ccc3c(c2)[C@H](NC(=O)c2ccccc2)C[C@H](C)N3C(C)=O)c1. The van der Waals surface area contributed by atoms with E-state index in [1.54, 1.807) is 24.0 Å². The fourth-order valence-corrected chi connectivity index (χ4v) is 4.47. The van der Waals surface area contributed by atoms with Crippen molar-refractivity contribution < 1.29 is 14.4 Å². The molecule has 2 atom stereocenters. The smallest absolute Gasteiger partial charge is 0.251 e. The molecule has 0 unspecified atom stereocenters. The van der Waals surface area contributed by atoms with Gasteiger partial charge >= 0.3 is 0 Å². The number of carbonyl (C=O) groups is 3. The van der Waals surface area contributed by atoms with E-state index in [1.165, 1.54) is 6.92 Å². The molecule has 3 aromatic carbocycles. The molecule has 0 saturated carbocycles. The quantitative estimate of drug-likeness (QED) is 0.603. The molecule has 0 spiro atoms. The Morgan fingerprint density at radius 3 is 2.30 bits per heavy atom. The fourth-order valence-electron chi connectivity index (χ4n) is 4.47. The monoisotopic (exact) mass is 441 g/mol. The third-order valence-electron chi connectivity index (χ3n) is 5.88. The van der Waals surface area contributed by atoms with E-state index in [0.29, 0.717) is 17.7 Å².